The topological polar surface area (TPSA) is 30.3 Å². The van der Waals surface area contributed by atoms with Crippen molar-refractivity contribution in [1.82, 2.24) is 4.90 Å². The second kappa shape index (κ2) is 6.49. The number of nitrogens with zero attached hydrogens (tertiary/aromatic N) is 3. The van der Waals surface area contributed by atoms with E-state index in [0.29, 0.717) is 0 Å². The monoisotopic (exact) mass is 283 g/mol. The van der Waals surface area contributed by atoms with E-state index in [1.807, 2.05) is 18.2 Å². The minimum atomic E-state index is 0.748. The van der Waals surface area contributed by atoms with Crippen LogP contribution in [0.1, 0.15) is 38.2 Å². The standard InChI is InChI=1S/C18H25N3/c1-15-5-4-10-21(14-15)17-8-11-20(12-9-17)18-7-3-2-6-16(18)13-19/h2-3,6-7,15,17H,4-5,8-12,14H2,1H3. The van der Waals surface area contributed by atoms with Gasteiger partial charge in [-0.05, 0) is 50.3 Å². The molecule has 2 fully saturated rings. The van der Waals surface area contributed by atoms with Crippen LogP contribution in [0, 0.1) is 17.2 Å². The molecule has 2 aliphatic rings. The number of anilines is 1. The summed E-state index contributed by atoms with van der Waals surface area (Å²) in [6.45, 7) is 7.09. The highest BCUT2D eigenvalue weighted by atomic mass is 15.2. The molecule has 0 aliphatic carbocycles. The van der Waals surface area contributed by atoms with Crippen LogP contribution in [0.5, 0.6) is 0 Å². The van der Waals surface area contributed by atoms with Crippen molar-refractivity contribution in [3.05, 3.63) is 29.8 Å². The maximum atomic E-state index is 9.25. The summed E-state index contributed by atoms with van der Waals surface area (Å²) in [5.41, 5.74) is 1.92. The molecule has 0 saturated carbocycles. The first kappa shape index (κ1) is 14.4. The summed E-state index contributed by atoms with van der Waals surface area (Å²) in [4.78, 5) is 5.10. The molecule has 0 radical (unpaired) electrons. The fourth-order valence-corrected chi connectivity index (χ4v) is 3.87. The first-order valence-electron chi connectivity index (χ1n) is 8.26. The largest absolute Gasteiger partial charge is 0.370 e. The number of nitriles is 1. The number of hydrogen-bond donors (Lipinski definition) is 0. The lowest BCUT2D eigenvalue weighted by atomic mass is 9.95. The summed E-state index contributed by atoms with van der Waals surface area (Å²) >= 11 is 0. The Bertz CT molecular complexity index is 511. The fraction of sp³-hybridized carbons (Fsp3) is 0.611. The second-order valence-corrected chi connectivity index (χ2v) is 6.59. The number of piperidine rings is 2. The van der Waals surface area contributed by atoms with E-state index < -0.39 is 0 Å². The molecule has 1 unspecified atom stereocenters. The summed E-state index contributed by atoms with van der Waals surface area (Å²) in [5, 5.41) is 9.25. The lowest BCUT2D eigenvalue weighted by molar-refractivity contribution is 0.112. The Labute approximate surface area is 128 Å². The highest BCUT2D eigenvalue weighted by Crippen LogP contribution is 2.27. The van der Waals surface area contributed by atoms with Crippen LogP contribution >= 0.6 is 0 Å². The van der Waals surface area contributed by atoms with E-state index >= 15 is 0 Å². The number of benzene rings is 1. The number of hydrogen-bond acceptors (Lipinski definition) is 3. The molecular weight excluding hydrogens is 258 g/mol. The highest BCUT2D eigenvalue weighted by Gasteiger charge is 2.28. The highest BCUT2D eigenvalue weighted by molar-refractivity contribution is 5.59. The van der Waals surface area contributed by atoms with E-state index in [4.69, 9.17) is 0 Å². The molecule has 0 spiro atoms. The Morgan fingerprint density at radius 2 is 1.86 bits per heavy atom. The normalized spacial score (nSPS) is 24.8. The molecule has 2 aliphatic heterocycles. The summed E-state index contributed by atoms with van der Waals surface area (Å²) < 4.78 is 0. The van der Waals surface area contributed by atoms with Gasteiger partial charge in [-0.25, -0.2) is 0 Å². The first-order valence-corrected chi connectivity index (χ1v) is 8.26. The zero-order chi connectivity index (χ0) is 14.7. The van der Waals surface area contributed by atoms with E-state index in [1.54, 1.807) is 0 Å². The molecule has 0 bridgehead atoms. The van der Waals surface area contributed by atoms with Crippen molar-refractivity contribution >= 4 is 5.69 Å². The average Bonchev–Trinajstić information content (AvgIpc) is 2.55. The molecule has 3 rings (SSSR count). The van der Waals surface area contributed by atoms with Gasteiger partial charge in [0.05, 0.1) is 11.3 Å². The SMILES string of the molecule is CC1CCCN(C2CCN(c3ccccc3C#N)CC2)C1. The molecule has 112 valence electrons. The number of likely N-dealkylation sites (tertiary alicyclic amines) is 1. The predicted molar refractivity (Wildman–Crippen MR) is 86.4 cm³/mol. The van der Waals surface area contributed by atoms with E-state index in [9.17, 15) is 5.26 Å². The lowest BCUT2D eigenvalue weighted by Crippen LogP contribution is -2.48. The van der Waals surface area contributed by atoms with Crippen molar-refractivity contribution in [3.63, 3.8) is 0 Å². The Balaban J connectivity index is 1.61. The summed E-state index contributed by atoms with van der Waals surface area (Å²) in [6, 6.07) is 11.1. The molecule has 3 heteroatoms. The van der Waals surface area contributed by atoms with Crippen LogP contribution in [0.2, 0.25) is 0 Å². The molecule has 1 aromatic rings. The zero-order valence-electron chi connectivity index (χ0n) is 13.0. The molecule has 0 N–H and O–H groups in total. The number of rotatable bonds is 2. The molecular formula is C18H25N3. The van der Waals surface area contributed by atoms with Gasteiger partial charge in [0.2, 0.25) is 0 Å². The predicted octanol–water partition coefficient (Wildman–Crippen LogP) is 3.26. The van der Waals surface area contributed by atoms with Crippen LogP contribution in [-0.4, -0.2) is 37.1 Å². The Kier molecular flexibility index (Phi) is 4.45. The number of para-hydroxylation sites is 1. The van der Waals surface area contributed by atoms with Crippen LogP contribution in [0.15, 0.2) is 24.3 Å². The molecule has 0 aromatic heterocycles. The van der Waals surface area contributed by atoms with E-state index in [-0.39, 0.29) is 0 Å². The average molecular weight is 283 g/mol. The maximum absolute atomic E-state index is 9.25. The van der Waals surface area contributed by atoms with E-state index in [0.717, 1.165) is 36.3 Å². The maximum Gasteiger partial charge on any atom is 0.101 e. The van der Waals surface area contributed by atoms with Gasteiger partial charge in [-0.2, -0.15) is 5.26 Å². The van der Waals surface area contributed by atoms with Crippen LogP contribution in [-0.2, 0) is 0 Å². The van der Waals surface area contributed by atoms with Crippen molar-refractivity contribution in [2.24, 2.45) is 5.92 Å². The van der Waals surface area contributed by atoms with Gasteiger partial charge in [-0.1, -0.05) is 19.1 Å². The Morgan fingerprint density at radius 1 is 1.10 bits per heavy atom. The van der Waals surface area contributed by atoms with E-state index in [1.165, 1.54) is 38.8 Å². The molecule has 0 amide bonds. The van der Waals surface area contributed by atoms with Crippen molar-refractivity contribution in [2.45, 2.75) is 38.6 Å². The quantitative estimate of drug-likeness (QED) is 0.834. The van der Waals surface area contributed by atoms with Gasteiger partial charge in [0.25, 0.3) is 0 Å². The van der Waals surface area contributed by atoms with Crippen molar-refractivity contribution in [1.29, 1.82) is 5.26 Å². The third-order valence-corrected chi connectivity index (χ3v) is 5.03. The van der Waals surface area contributed by atoms with Gasteiger partial charge in [0, 0.05) is 25.7 Å². The summed E-state index contributed by atoms with van der Waals surface area (Å²) in [6.07, 6.45) is 5.21. The van der Waals surface area contributed by atoms with Crippen LogP contribution in [0.4, 0.5) is 5.69 Å². The first-order chi connectivity index (χ1) is 10.3. The molecule has 21 heavy (non-hydrogen) atoms. The van der Waals surface area contributed by atoms with Crippen LogP contribution < -0.4 is 4.90 Å². The second-order valence-electron chi connectivity index (χ2n) is 6.59. The van der Waals surface area contributed by atoms with Crippen LogP contribution in [0.3, 0.4) is 0 Å². The zero-order valence-corrected chi connectivity index (χ0v) is 13.0. The summed E-state index contributed by atoms with van der Waals surface area (Å²) in [5.74, 6) is 0.857. The lowest BCUT2D eigenvalue weighted by Gasteiger charge is -2.42. The molecule has 2 saturated heterocycles. The van der Waals surface area contributed by atoms with Gasteiger partial charge in [0.15, 0.2) is 0 Å². The van der Waals surface area contributed by atoms with Gasteiger partial charge < -0.3 is 4.90 Å². The minimum absolute atomic E-state index is 0.748. The Morgan fingerprint density at radius 3 is 2.57 bits per heavy atom. The van der Waals surface area contributed by atoms with Gasteiger partial charge in [0.1, 0.15) is 6.07 Å². The third-order valence-electron chi connectivity index (χ3n) is 5.03. The van der Waals surface area contributed by atoms with Crippen molar-refractivity contribution in [2.75, 3.05) is 31.1 Å². The van der Waals surface area contributed by atoms with E-state index in [2.05, 4.69) is 28.9 Å². The van der Waals surface area contributed by atoms with Gasteiger partial charge >= 0.3 is 0 Å². The van der Waals surface area contributed by atoms with Gasteiger partial charge in [-0.15, -0.1) is 0 Å². The molecule has 1 aromatic carbocycles. The fourth-order valence-electron chi connectivity index (χ4n) is 3.87. The molecule has 1 atom stereocenters. The molecule has 2 heterocycles. The van der Waals surface area contributed by atoms with Gasteiger partial charge in [-0.3, -0.25) is 4.90 Å². The van der Waals surface area contributed by atoms with Crippen molar-refractivity contribution in [3.8, 4) is 6.07 Å². The minimum Gasteiger partial charge on any atom is -0.370 e. The van der Waals surface area contributed by atoms with Crippen molar-refractivity contribution < 1.29 is 0 Å². The summed E-state index contributed by atoms with van der Waals surface area (Å²) in [7, 11) is 0. The molecule has 3 nitrogen and oxygen atoms in total. The smallest absolute Gasteiger partial charge is 0.101 e. The Hall–Kier alpha value is -1.53. The third kappa shape index (κ3) is 3.22. The van der Waals surface area contributed by atoms with Crippen LogP contribution in [0.25, 0.3) is 0 Å².